The third kappa shape index (κ3) is 3.31. The number of rotatable bonds is 4. The van der Waals surface area contributed by atoms with Gasteiger partial charge in [0.25, 0.3) is 5.56 Å². The molecular formula is C22H17FN2O2. The Kier molecular flexibility index (Phi) is 4.42. The van der Waals surface area contributed by atoms with Crippen LogP contribution in [0.5, 0.6) is 5.75 Å². The molecule has 4 rings (SSSR count). The molecule has 0 fully saturated rings. The minimum absolute atomic E-state index is 0.0650. The Morgan fingerprint density at radius 3 is 2.41 bits per heavy atom. The fourth-order valence-electron chi connectivity index (χ4n) is 3.14. The number of aryl methyl sites for hydroxylation is 1. The van der Waals surface area contributed by atoms with Crippen LogP contribution in [0.4, 0.5) is 4.39 Å². The topological polar surface area (TPSA) is 55.1 Å². The molecule has 0 aliphatic carbocycles. The molecule has 1 aromatic heterocycles. The smallest absolute Gasteiger partial charge is 0.261 e. The Balaban J connectivity index is 1.85. The number of nitrogens with zero attached hydrogens (tertiary/aromatic N) is 2. The second-order valence-electron chi connectivity index (χ2n) is 6.30. The van der Waals surface area contributed by atoms with Crippen LogP contribution < -0.4 is 5.56 Å². The van der Waals surface area contributed by atoms with Gasteiger partial charge in [-0.25, -0.2) is 9.37 Å². The highest BCUT2D eigenvalue weighted by Gasteiger charge is 2.15. The van der Waals surface area contributed by atoms with Crippen molar-refractivity contribution in [2.45, 2.75) is 13.0 Å². The molecule has 0 aliphatic heterocycles. The monoisotopic (exact) mass is 360 g/mol. The minimum atomic E-state index is -0.293. The normalized spacial score (nSPS) is 11.0. The highest BCUT2D eigenvalue weighted by molar-refractivity contribution is 5.80. The van der Waals surface area contributed by atoms with Crippen LogP contribution in [0, 0.1) is 5.82 Å². The van der Waals surface area contributed by atoms with E-state index in [1.165, 1.54) is 12.1 Å². The van der Waals surface area contributed by atoms with Crippen LogP contribution in [0.1, 0.15) is 5.56 Å². The first-order valence-electron chi connectivity index (χ1n) is 8.66. The standard InChI is InChI=1S/C22H17FN2O2/c23-16-11-9-15(10-12-16)13-14-25-21(18-6-2-4-8-20(18)26)24-19-7-3-1-5-17(19)22(25)27/h1-12,26H,13-14H2. The van der Waals surface area contributed by atoms with Crippen LogP contribution in [0.3, 0.4) is 0 Å². The molecule has 0 saturated carbocycles. The van der Waals surface area contributed by atoms with Gasteiger partial charge in [0.2, 0.25) is 0 Å². The first-order chi connectivity index (χ1) is 13.1. The van der Waals surface area contributed by atoms with Crippen LogP contribution in [-0.2, 0) is 13.0 Å². The number of fused-ring (bicyclic) bond motifs is 1. The zero-order chi connectivity index (χ0) is 18.8. The Morgan fingerprint density at radius 2 is 1.63 bits per heavy atom. The number of halogens is 1. The fourth-order valence-corrected chi connectivity index (χ4v) is 3.14. The number of phenolic OH excluding ortho intramolecular Hbond substituents is 1. The Labute approximate surface area is 155 Å². The van der Waals surface area contributed by atoms with Gasteiger partial charge in [-0.05, 0) is 48.4 Å². The van der Waals surface area contributed by atoms with E-state index in [-0.39, 0.29) is 17.1 Å². The predicted molar refractivity (Wildman–Crippen MR) is 103 cm³/mol. The zero-order valence-electron chi connectivity index (χ0n) is 14.5. The highest BCUT2D eigenvalue weighted by atomic mass is 19.1. The van der Waals surface area contributed by atoms with Gasteiger partial charge in [0.05, 0.1) is 16.5 Å². The van der Waals surface area contributed by atoms with Crippen molar-refractivity contribution in [2.24, 2.45) is 0 Å². The number of hydrogen-bond donors (Lipinski definition) is 1. The van der Waals surface area contributed by atoms with Gasteiger partial charge < -0.3 is 5.11 Å². The maximum atomic E-state index is 13.1. The van der Waals surface area contributed by atoms with E-state index in [0.29, 0.717) is 35.3 Å². The average Bonchev–Trinajstić information content (AvgIpc) is 2.69. The SMILES string of the molecule is O=c1c2ccccc2nc(-c2ccccc2O)n1CCc1ccc(F)cc1. The quantitative estimate of drug-likeness (QED) is 0.595. The van der Waals surface area contributed by atoms with E-state index in [2.05, 4.69) is 4.98 Å². The van der Waals surface area contributed by atoms with Crippen molar-refractivity contribution in [2.75, 3.05) is 0 Å². The number of phenols is 1. The zero-order valence-corrected chi connectivity index (χ0v) is 14.5. The molecule has 5 heteroatoms. The molecule has 27 heavy (non-hydrogen) atoms. The number of hydrogen-bond acceptors (Lipinski definition) is 3. The van der Waals surface area contributed by atoms with E-state index >= 15 is 0 Å². The fraction of sp³-hybridized carbons (Fsp3) is 0.0909. The van der Waals surface area contributed by atoms with Crippen LogP contribution in [0.25, 0.3) is 22.3 Å². The van der Waals surface area contributed by atoms with Gasteiger partial charge >= 0.3 is 0 Å². The van der Waals surface area contributed by atoms with Gasteiger partial charge in [0, 0.05) is 6.54 Å². The maximum absolute atomic E-state index is 13.1. The molecule has 0 saturated heterocycles. The lowest BCUT2D eigenvalue weighted by atomic mass is 10.1. The molecule has 0 unspecified atom stereocenters. The number of aromatic hydroxyl groups is 1. The van der Waals surface area contributed by atoms with E-state index in [4.69, 9.17) is 0 Å². The molecule has 1 heterocycles. The summed E-state index contributed by atoms with van der Waals surface area (Å²) in [5, 5.41) is 10.8. The molecule has 3 aromatic carbocycles. The number of benzene rings is 3. The summed E-state index contributed by atoms with van der Waals surface area (Å²) in [4.78, 5) is 17.7. The van der Waals surface area contributed by atoms with Gasteiger partial charge in [-0.2, -0.15) is 0 Å². The van der Waals surface area contributed by atoms with Crippen molar-refractivity contribution in [1.82, 2.24) is 9.55 Å². The Hall–Kier alpha value is -3.47. The van der Waals surface area contributed by atoms with Crippen LogP contribution >= 0.6 is 0 Å². The third-order valence-corrected chi connectivity index (χ3v) is 4.54. The molecule has 4 nitrogen and oxygen atoms in total. The van der Waals surface area contributed by atoms with Gasteiger partial charge in [-0.1, -0.05) is 36.4 Å². The maximum Gasteiger partial charge on any atom is 0.261 e. The Morgan fingerprint density at radius 1 is 0.926 bits per heavy atom. The first-order valence-corrected chi connectivity index (χ1v) is 8.66. The average molecular weight is 360 g/mol. The van der Waals surface area contributed by atoms with Crippen molar-refractivity contribution in [3.8, 4) is 17.1 Å². The highest BCUT2D eigenvalue weighted by Crippen LogP contribution is 2.27. The minimum Gasteiger partial charge on any atom is -0.507 e. The summed E-state index contributed by atoms with van der Waals surface area (Å²) in [5.74, 6) is 0.187. The van der Waals surface area contributed by atoms with E-state index < -0.39 is 0 Å². The summed E-state index contributed by atoms with van der Waals surface area (Å²) < 4.78 is 14.7. The van der Waals surface area contributed by atoms with E-state index in [9.17, 15) is 14.3 Å². The molecule has 0 amide bonds. The second kappa shape index (κ2) is 7.03. The lowest BCUT2D eigenvalue weighted by molar-refractivity contribution is 0.476. The van der Waals surface area contributed by atoms with Crippen LogP contribution in [-0.4, -0.2) is 14.7 Å². The van der Waals surface area contributed by atoms with Crippen molar-refractivity contribution in [3.63, 3.8) is 0 Å². The first kappa shape index (κ1) is 17.0. The van der Waals surface area contributed by atoms with Crippen LogP contribution in [0.2, 0.25) is 0 Å². The Bertz CT molecular complexity index is 1170. The molecule has 4 aromatic rings. The molecule has 0 spiro atoms. The van der Waals surface area contributed by atoms with E-state index in [1.807, 2.05) is 6.07 Å². The number of aromatic nitrogens is 2. The molecule has 0 bridgehead atoms. The summed E-state index contributed by atoms with van der Waals surface area (Å²) in [7, 11) is 0. The number of para-hydroxylation sites is 2. The molecular weight excluding hydrogens is 343 g/mol. The van der Waals surface area contributed by atoms with Crippen LogP contribution in [0.15, 0.2) is 77.6 Å². The largest absolute Gasteiger partial charge is 0.507 e. The van der Waals surface area contributed by atoms with Crippen molar-refractivity contribution >= 4 is 10.9 Å². The van der Waals surface area contributed by atoms with E-state index in [1.54, 1.807) is 59.2 Å². The summed E-state index contributed by atoms with van der Waals surface area (Å²) in [6.07, 6.45) is 0.542. The molecule has 134 valence electrons. The van der Waals surface area contributed by atoms with Crippen molar-refractivity contribution in [3.05, 3.63) is 94.5 Å². The summed E-state index contributed by atoms with van der Waals surface area (Å²) in [6, 6.07) is 20.2. The second-order valence-corrected chi connectivity index (χ2v) is 6.30. The van der Waals surface area contributed by atoms with Crippen molar-refractivity contribution < 1.29 is 9.50 Å². The summed E-state index contributed by atoms with van der Waals surface area (Å²) >= 11 is 0. The molecule has 0 atom stereocenters. The molecule has 0 aliphatic rings. The molecule has 1 N–H and O–H groups in total. The summed E-state index contributed by atoms with van der Waals surface area (Å²) in [6.45, 7) is 0.367. The van der Waals surface area contributed by atoms with Crippen molar-refractivity contribution in [1.29, 1.82) is 0 Å². The van der Waals surface area contributed by atoms with Gasteiger partial charge in [0.1, 0.15) is 17.4 Å². The van der Waals surface area contributed by atoms with Gasteiger partial charge in [0.15, 0.2) is 0 Å². The van der Waals surface area contributed by atoms with E-state index in [0.717, 1.165) is 5.56 Å². The predicted octanol–water partition coefficient (Wildman–Crippen LogP) is 4.15. The molecule has 0 radical (unpaired) electrons. The van der Waals surface area contributed by atoms with Gasteiger partial charge in [-0.3, -0.25) is 9.36 Å². The lowest BCUT2D eigenvalue weighted by Crippen LogP contribution is -2.24. The summed E-state index contributed by atoms with van der Waals surface area (Å²) in [5.41, 5.74) is 1.83. The third-order valence-electron chi connectivity index (χ3n) is 4.54. The van der Waals surface area contributed by atoms with Gasteiger partial charge in [-0.15, -0.1) is 0 Å². The lowest BCUT2D eigenvalue weighted by Gasteiger charge is -2.14.